The number of nitrogens with two attached hydrogens (primary N) is 1. The van der Waals surface area contributed by atoms with Crippen molar-refractivity contribution in [1.82, 2.24) is 15.1 Å². The van der Waals surface area contributed by atoms with Gasteiger partial charge in [-0.3, -0.25) is 0 Å². The number of aromatic nitrogens is 3. The molecule has 0 atom stereocenters. The van der Waals surface area contributed by atoms with E-state index in [2.05, 4.69) is 20.5 Å². The van der Waals surface area contributed by atoms with Gasteiger partial charge in [-0.2, -0.15) is 4.98 Å². The van der Waals surface area contributed by atoms with Crippen LogP contribution >= 0.6 is 11.3 Å². The summed E-state index contributed by atoms with van der Waals surface area (Å²) in [7, 11) is 0. The quantitative estimate of drug-likeness (QED) is 0.879. The molecule has 1 saturated carbocycles. The first kappa shape index (κ1) is 14.7. The number of hydrogen-bond donors (Lipinski definition) is 1. The Balaban J connectivity index is 1.79. The van der Waals surface area contributed by atoms with Crippen LogP contribution in [0.2, 0.25) is 0 Å². The molecule has 2 heterocycles. The van der Waals surface area contributed by atoms with Crippen molar-refractivity contribution in [1.29, 1.82) is 0 Å². The highest BCUT2D eigenvalue weighted by molar-refractivity contribution is 7.09. The summed E-state index contributed by atoms with van der Waals surface area (Å²) in [6, 6.07) is 0. The highest BCUT2D eigenvalue weighted by Gasteiger charge is 2.37. The minimum atomic E-state index is -0.111. The fourth-order valence-corrected chi connectivity index (χ4v) is 3.72. The van der Waals surface area contributed by atoms with E-state index < -0.39 is 0 Å². The van der Waals surface area contributed by atoms with E-state index in [1.807, 2.05) is 6.92 Å². The third-order valence-corrected chi connectivity index (χ3v) is 5.20. The molecule has 114 valence electrons. The van der Waals surface area contributed by atoms with Crippen LogP contribution in [0, 0.1) is 6.92 Å². The highest BCUT2D eigenvalue weighted by atomic mass is 32.1. The Kier molecular flexibility index (Phi) is 4.35. The van der Waals surface area contributed by atoms with Crippen LogP contribution in [0.4, 0.5) is 0 Å². The Morgan fingerprint density at radius 1 is 1.24 bits per heavy atom. The lowest BCUT2D eigenvalue weighted by Crippen LogP contribution is -2.35. The van der Waals surface area contributed by atoms with Crippen LogP contribution in [-0.2, 0) is 11.8 Å². The Hall–Kier alpha value is -1.27. The molecule has 0 radical (unpaired) electrons. The SMILES string of the molecule is Cc1nc(Cc2noc(C3(CN)CCCCCC3)n2)cs1. The van der Waals surface area contributed by atoms with Gasteiger partial charge in [0.2, 0.25) is 5.89 Å². The van der Waals surface area contributed by atoms with Gasteiger partial charge in [-0.05, 0) is 19.8 Å². The normalized spacial score (nSPS) is 18.6. The van der Waals surface area contributed by atoms with Crippen LogP contribution in [0.15, 0.2) is 9.90 Å². The minimum Gasteiger partial charge on any atom is -0.339 e. The molecular formula is C15H22N4OS. The average Bonchev–Trinajstić information content (AvgIpc) is 3.03. The number of nitrogens with zero attached hydrogens (tertiary/aromatic N) is 3. The molecule has 1 aliphatic carbocycles. The zero-order chi connectivity index (χ0) is 14.7. The molecular weight excluding hydrogens is 284 g/mol. The Morgan fingerprint density at radius 2 is 2.00 bits per heavy atom. The zero-order valence-corrected chi connectivity index (χ0v) is 13.3. The maximum Gasteiger partial charge on any atom is 0.234 e. The van der Waals surface area contributed by atoms with E-state index in [0.29, 0.717) is 18.8 Å². The Bertz CT molecular complexity index is 584. The monoisotopic (exact) mass is 306 g/mol. The van der Waals surface area contributed by atoms with Crippen LogP contribution in [-0.4, -0.2) is 21.7 Å². The van der Waals surface area contributed by atoms with Gasteiger partial charge in [-0.15, -0.1) is 11.3 Å². The number of thiazole rings is 1. The van der Waals surface area contributed by atoms with E-state index in [-0.39, 0.29) is 5.41 Å². The summed E-state index contributed by atoms with van der Waals surface area (Å²) >= 11 is 1.65. The van der Waals surface area contributed by atoms with Gasteiger partial charge in [0.05, 0.1) is 22.5 Å². The van der Waals surface area contributed by atoms with Gasteiger partial charge in [0.25, 0.3) is 0 Å². The molecule has 0 aliphatic heterocycles. The molecule has 6 heteroatoms. The molecule has 0 saturated heterocycles. The molecule has 2 N–H and O–H groups in total. The van der Waals surface area contributed by atoms with Gasteiger partial charge >= 0.3 is 0 Å². The second-order valence-electron chi connectivity index (χ2n) is 5.95. The third kappa shape index (κ3) is 3.16. The summed E-state index contributed by atoms with van der Waals surface area (Å²) in [6.07, 6.45) is 7.69. The molecule has 0 bridgehead atoms. The largest absolute Gasteiger partial charge is 0.339 e. The van der Waals surface area contributed by atoms with Crippen molar-refractivity contribution in [2.75, 3.05) is 6.54 Å². The fraction of sp³-hybridized carbons (Fsp3) is 0.667. The molecule has 5 nitrogen and oxygen atoms in total. The molecule has 0 aromatic carbocycles. The van der Waals surface area contributed by atoms with Crippen LogP contribution in [0.3, 0.4) is 0 Å². The molecule has 2 aromatic heterocycles. The van der Waals surface area contributed by atoms with Crippen LogP contribution in [0.5, 0.6) is 0 Å². The summed E-state index contributed by atoms with van der Waals surface area (Å²) < 4.78 is 5.57. The number of rotatable bonds is 4. The summed E-state index contributed by atoms with van der Waals surface area (Å²) in [4.78, 5) is 9.08. The van der Waals surface area contributed by atoms with Crippen molar-refractivity contribution in [2.24, 2.45) is 5.73 Å². The van der Waals surface area contributed by atoms with E-state index in [1.165, 1.54) is 25.7 Å². The topological polar surface area (TPSA) is 77.8 Å². The zero-order valence-electron chi connectivity index (χ0n) is 12.5. The molecule has 21 heavy (non-hydrogen) atoms. The first-order valence-electron chi connectivity index (χ1n) is 7.66. The predicted octanol–water partition coefficient (Wildman–Crippen LogP) is 2.98. The van der Waals surface area contributed by atoms with E-state index in [4.69, 9.17) is 10.3 Å². The minimum absolute atomic E-state index is 0.111. The van der Waals surface area contributed by atoms with Crippen molar-refractivity contribution in [3.05, 3.63) is 27.8 Å². The van der Waals surface area contributed by atoms with Crippen LogP contribution < -0.4 is 5.73 Å². The second-order valence-corrected chi connectivity index (χ2v) is 7.01. The van der Waals surface area contributed by atoms with Gasteiger partial charge in [0, 0.05) is 11.9 Å². The average molecular weight is 306 g/mol. The molecule has 0 amide bonds. The standard InChI is InChI=1S/C15H22N4OS/c1-11-17-12(9-21-11)8-13-18-14(20-19-13)15(10-16)6-4-2-3-5-7-15/h9H,2-8,10,16H2,1H3. The van der Waals surface area contributed by atoms with Crippen molar-refractivity contribution in [2.45, 2.75) is 57.3 Å². The molecule has 0 unspecified atom stereocenters. The third-order valence-electron chi connectivity index (χ3n) is 4.38. The van der Waals surface area contributed by atoms with Gasteiger partial charge in [0.15, 0.2) is 5.82 Å². The van der Waals surface area contributed by atoms with E-state index in [0.717, 1.165) is 29.4 Å². The maximum atomic E-state index is 6.07. The molecule has 2 aromatic rings. The van der Waals surface area contributed by atoms with Gasteiger partial charge in [0.1, 0.15) is 0 Å². The van der Waals surface area contributed by atoms with Crippen molar-refractivity contribution in [3.8, 4) is 0 Å². The van der Waals surface area contributed by atoms with E-state index >= 15 is 0 Å². The van der Waals surface area contributed by atoms with Crippen molar-refractivity contribution in [3.63, 3.8) is 0 Å². The predicted molar refractivity (Wildman–Crippen MR) is 82.4 cm³/mol. The summed E-state index contributed by atoms with van der Waals surface area (Å²) in [6.45, 7) is 2.59. The van der Waals surface area contributed by atoms with Crippen LogP contribution in [0.1, 0.15) is 60.9 Å². The highest BCUT2D eigenvalue weighted by Crippen LogP contribution is 2.36. The molecule has 1 aliphatic rings. The lowest BCUT2D eigenvalue weighted by molar-refractivity contribution is 0.256. The van der Waals surface area contributed by atoms with Crippen LogP contribution in [0.25, 0.3) is 0 Å². The first-order chi connectivity index (χ1) is 10.2. The van der Waals surface area contributed by atoms with Gasteiger partial charge in [-0.25, -0.2) is 4.98 Å². The molecule has 0 spiro atoms. The first-order valence-corrected chi connectivity index (χ1v) is 8.54. The summed E-state index contributed by atoms with van der Waals surface area (Å²) in [5.74, 6) is 1.45. The summed E-state index contributed by atoms with van der Waals surface area (Å²) in [5, 5.41) is 7.26. The van der Waals surface area contributed by atoms with Gasteiger partial charge in [-0.1, -0.05) is 30.8 Å². The van der Waals surface area contributed by atoms with E-state index in [9.17, 15) is 0 Å². The van der Waals surface area contributed by atoms with Gasteiger partial charge < -0.3 is 10.3 Å². The number of aryl methyl sites for hydroxylation is 1. The fourth-order valence-electron chi connectivity index (χ4n) is 3.10. The van der Waals surface area contributed by atoms with Crippen molar-refractivity contribution < 1.29 is 4.52 Å². The Morgan fingerprint density at radius 3 is 2.62 bits per heavy atom. The summed E-state index contributed by atoms with van der Waals surface area (Å²) in [5.41, 5.74) is 6.96. The lowest BCUT2D eigenvalue weighted by atomic mass is 9.80. The number of hydrogen-bond acceptors (Lipinski definition) is 6. The molecule has 3 rings (SSSR count). The van der Waals surface area contributed by atoms with E-state index in [1.54, 1.807) is 11.3 Å². The molecule has 1 fully saturated rings. The maximum absolute atomic E-state index is 6.07. The lowest BCUT2D eigenvalue weighted by Gasteiger charge is -2.26. The second kappa shape index (κ2) is 6.23. The smallest absolute Gasteiger partial charge is 0.234 e. The van der Waals surface area contributed by atoms with Crippen molar-refractivity contribution >= 4 is 11.3 Å². The Labute approximate surface area is 129 Å².